The minimum Gasteiger partial charge on any atom is -0.481 e. The molecule has 0 unspecified atom stereocenters. The Morgan fingerprint density at radius 2 is 1.88 bits per heavy atom. The van der Waals surface area contributed by atoms with Crippen molar-refractivity contribution in [3.05, 3.63) is 12.2 Å². The maximum Gasteiger partial charge on any atom is 0.303 e. The molecule has 0 radical (unpaired) electrons. The molecular weight excluding hydrogens is 312 g/mol. The van der Waals surface area contributed by atoms with E-state index in [9.17, 15) is 20.1 Å². The number of carbonyl (C=O) groups is 1. The number of carboxylic acid groups (broad SMARTS) is 1. The monoisotopic (exact) mass is 344 g/mol. The SMILES string of the molecule is CC[C@H](O)/C=C/[C@@H]1O[C@@H]([C@@H](O)CCCCCCCC(=O)O)C[C@@H]1O. The molecule has 1 saturated heterocycles. The molecule has 5 atom stereocenters. The zero-order chi connectivity index (χ0) is 17.9. The van der Waals surface area contributed by atoms with Gasteiger partial charge in [-0.2, -0.15) is 0 Å². The van der Waals surface area contributed by atoms with Crippen LogP contribution in [0.3, 0.4) is 0 Å². The highest BCUT2D eigenvalue weighted by Crippen LogP contribution is 2.26. The van der Waals surface area contributed by atoms with Gasteiger partial charge in [-0.25, -0.2) is 0 Å². The van der Waals surface area contributed by atoms with E-state index in [4.69, 9.17) is 9.84 Å². The van der Waals surface area contributed by atoms with E-state index >= 15 is 0 Å². The molecule has 1 rings (SSSR count). The number of aliphatic carboxylic acids is 1. The van der Waals surface area contributed by atoms with Crippen molar-refractivity contribution in [3.8, 4) is 0 Å². The predicted octanol–water partition coefficient (Wildman–Crippen LogP) is 2.01. The molecule has 0 spiro atoms. The third kappa shape index (κ3) is 8.24. The second kappa shape index (κ2) is 11.6. The molecule has 4 N–H and O–H groups in total. The smallest absolute Gasteiger partial charge is 0.303 e. The first-order valence-corrected chi connectivity index (χ1v) is 9.03. The maximum absolute atomic E-state index is 10.4. The Kier molecular flexibility index (Phi) is 10.2. The summed E-state index contributed by atoms with van der Waals surface area (Å²) in [5.41, 5.74) is 0. The summed E-state index contributed by atoms with van der Waals surface area (Å²) < 4.78 is 5.69. The van der Waals surface area contributed by atoms with Gasteiger partial charge in [0.1, 0.15) is 6.10 Å². The number of rotatable bonds is 12. The molecule has 0 aromatic rings. The lowest BCUT2D eigenvalue weighted by molar-refractivity contribution is -0.137. The molecule has 0 saturated carbocycles. The van der Waals surface area contributed by atoms with Crippen LogP contribution in [0.15, 0.2) is 12.2 Å². The van der Waals surface area contributed by atoms with Gasteiger partial charge in [-0.3, -0.25) is 4.79 Å². The molecule has 140 valence electrons. The lowest BCUT2D eigenvalue weighted by atomic mass is 10.0. The minimum atomic E-state index is -0.752. The molecular formula is C18H32O6. The van der Waals surface area contributed by atoms with Crippen LogP contribution in [0.25, 0.3) is 0 Å². The number of aliphatic hydroxyl groups is 3. The summed E-state index contributed by atoms with van der Waals surface area (Å²) >= 11 is 0. The molecule has 6 heteroatoms. The summed E-state index contributed by atoms with van der Waals surface area (Å²) in [6, 6.07) is 0. The third-order valence-electron chi connectivity index (χ3n) is 4.45. The topological polar surface area (TPSA) is 107 Å². The number of unbranched alkanes of at least 4 members (excludes halogenated alkanes) is 4. The zero-order valence-electron chi connectivity index (χ0n) is 14.5. The van der Waals surface area contributed by atoms with Crippen LogP contribution in [0.5, 0.6) is 0 Å². The van der Waals surface area contributed by atoms with Crippen molar-refractivity contribution in [2.24, 2.45) is 0 Å². The molecule has 1 heterocycles. The van der Waals surface area contributed by atoms with Crippen molar-refractivity contribution in [3.63, 3.8) is 0 Å². The molecule has 1 fully saturated rings. The van der Waals surface area contributed by atoms with E-state index in [0.717, 1.165) is 25.7 Å². The Morgan fingerprint density at radius 1 is 1.21 bits per heavy atom. The highest BCUT2D eigenvalue weighted by atomic mass is 16.5. The Labute approximate surface area is 144 Å². The van der Waals surface area contributed by atoms with E-state index in [0.29, 0.717) is 25.7 Å². The largest absolute Gasteiger partial charge is 0.481 e. The average molecular weight is 344 g/mol. The minimum absolute atomic E-state index is 0.220. The van der Waals surface area contributed by atoms with Crippen LogP contribution in [0.4, 0.5) is 0 Å². The molecule has 0 aromatic carbocycles. The highest BCUT2D eigenvalue weighted by Gasteiger charge is 2.36. The first kappa shape index (κ1) is 21.1. The number of ether oxygens (including phenoxy) is 1. The fraction of sp³-hybridized carbons (Fsp3) is 0.833. The van der Waals surface area contributed by atoms with Crippen LogP contribution in [0.1, 0.15) is 64.7 Å². The second-order valence-electron chi connectivity index (χ2n) is 6.57. The van der Waals surface area contributed by atoms with Gasteiger partial charge in [0.2, 0.25) is 0 Å². The van der Waals surface area contributed by atoms with Gasteiger partial charge >= 0.3 is 5.97 Å². The lowest BCUT2D eigenvalue weighted by Crippen LogP contribution is -2.26. The van der Waals surface area contributed by atoms with E-state index in [1.165, 1.54) is 0 Å². The molecule has 1 aliphatic rings. The van der Waals surface area contributed by atoms with Gasteiger partial charge in [-0.05, 0) is 19.3 Å². The number of carboxylic acids is 1. The van der Waals surface area contributed by atoms with E-state index in [2.05, 4.69) is 0 Å². The van der Waals surface area contributed by atoms with Gasteiger partial charge in [0.05, 0.1) is 24.4 Å². The Hall–Kier alpha value is -0.950. The summed E-state index contributed by atoms with van der Waals surface area (Å²) in [6.45, 7) is 1.87. The van der Waals surface area contributed by atoms with Gasteiger partial charge in [-0.15, -0.1) is 0 Å². The fourth-order valence-corrected chi connectivity index (χ4v) is 2.86. The van der Waals surface area contributed by atoms with Crippen LogP contribution in [-0.2, 0) is 9.53 Å². The molecule has 0 bridgehead atoms. The Morgan fingerprint density at radius 3 is 2.54 bits per heavy atom. The van der Waals surface area contributed by atoms with Gasteiger partial charge < -0.3 is 25.2 Å². The maximum atomic E-state index is 10.4. The van der Waals surface area contributed by atoms with Crippen molar-refractivity contribution < 1.29 is 30.0 Å². The highest BCUT2D eigenvalue weighted by molar-refractivity contribution is 5.66. The van der Waals surface area contributed by atoms with Crippen LogP contribution in [-0.4, -0.2) is 56.9 Å². The number of aliphatic hydroxyl groups excluding tert-OH is 3. The first-order valence-electron chi connectivity index (χ1n) is 9.03. The van der Waals surface area contributed by atoms with E-state index < -0.39 is 30.4 Å². The zero-order valence-corrected chi connectivity index (χ0v) is 14.5. The van der Waals surface area contributed by atoms with Crippen LogP contribution in [0, 0.1) is 0 Å². The Balaban J connectivity index is 2.18. The van der Waals surface area contributed by atoms with Crippen molar-refractivity contribution in [2.75, 3.05) is 0 Å². The molecule has 0 aromatic heterocycles. The fourth-order valence-electron chi connectivity index (χ4n) is 2.86. The molecule has 0 aliphatic carbocycles. The summed E-state index contributed by atoms with van der Waals surface area (Å²) in [5, 5.41) is 38.2. The van der Waals surface area contributed by atoms with Crippen LogP contribution < -0.4 is 0 Å². The molecule has 6 nitrogen and oxygen atoms in total. The van der Waals surface area contributed by atoms with Crippen molar-refractivity contribution in [1.82, 2.24) is 0 Å². The number of hydrogen-bond donors (Lipinski definition) is 4. The number of hydrogen-bond acceptors (Lipinski definition) is 5. The van der Waals surface area contributed by atoms with Gasteiger partial charge in [-0.1, -0.05) is 44.8 Å². The molecule has 1 aliphatic heterocycles. The molecule has 0 amide bonds. The van der Waals surface area contributed by atoms with Gasteiger partial charge in [0.25, 0.3) is 0 Å². The summed E-state index contributed by atoms with van der Waals surface area (Å²) in [7, 11) is 0. The predicted molar refractivity (Wildman–Crippen MR) is 90.7 cm³/mol. The van der Waals surface area contributed by atoms with Crippen LogP contribution >= 0.6 is 0 Å². The van der Waals surface area contributed by atoms with E-state index in [1.807, 2.05) is 6.92 Å². The van der Waals surface area contributed by atoms with Crippen LogP contribution in [0.2, 0.25) is 0 Å². The molecule has 24 heavy (non-hydrogen) atoms. The quantitative estimate of drug-likeness (QED) is 0.319. The first-order chi connectivity index (χ1) is 11.4. The second-order valence-corrected chi connectivity index (χ2v) is 6.57. The standard InChI is InChI=1S/C18H32O6/c1-2-13(19)10-11-16-15(21)12-17(24-16)14(20)8-6-4-3-5-7-9-18(22)23/h10-11,13-17,19-21H,2-9,12H2,1H3,(H,22,23)/b11-10+/t13-,14-,15-,16-,17+/m0/s1. The van der Waals surface area contributed by atoms with Crippen molar-refractivity contribution in [2.45, 2.75) is 95.2 Å². The van der Waals surface area contributed by atoms with Gasteiger partial charge in [0, 0.05) is 12.8 Å². The van der Waals surface area contributed by atoms with E-state index in [-0.39, 0.29) is 12.5 Å². The summed E-state index contributed by atoms with van der Waals surface area (Å²) in [5.74, 6) is -0.752. The summed E-state index contributed by atoms with van der Waals surface area (Å²) in [4.78, 5) is 10.4. The third-order valence-corrected chi connectivity index (χ3v) is 4.45. The Bertz CT molecular complexity index is 384. The summed E-state index contributed by atoms with van der Waals surface area (Å²) in [6.07, 6.45) is 6.89. The normalized spacial score (nSPS) is 26.8. The lowest BCUT2D eigenvalue weighted by Gasteiger charge is -2.18. The van der Waals surface area contributed by atoms with Gasteiger partial charge in [0.15, 0.2) is 0 Å². The van der Waals surface area contributed by atoms with Crippen molar-refractivity contribution in [1.29, 1.82) is 0 Å². The van der Waals surface area contributed by atoms with Crippen molar-refractivity contribution >= 4 is 5.97 Å². The average Bonchev–Trinajstić information content (AvgIpc) is 2.92. The van der Waals surface area contributed by atoms with E-state index in [1.54, 1.807) is 12.2 Å².